The molecule has 2 heterocycles. The number of aromatic nitrogens is 4. The summed E-state index contributed by atoms with van der Waals surface area (Å²) in [5.41, 5.74) is 1.36. The van der Waals surface area contributed by atoms with Crippen LogP contribution in [0.2, 0.25) is 10.0 Å². The van der Waals surface area contributed by atoms with Crippen molar-refractivity contribution in [3.63, 3.8) is 0 Å². The highest BCUT2D eigenvalue weighted by Gasteiger charge is 2.25. The first kappa shape index (κ1) is 29.8. The average Bonchev–Trinajstić information content (AvgIpc) is 3.46. The Bertz CT molecular complexity index is 1480. The second-order valence-electron chi connectivity index (χ2n) is 10.6. The van der Waals surface area contributed by atoms with E-state index in [0.717, 1.165) is 31.4 Å². The van der Waals surface area contributed by atoms with Crippen LogP contribution < -0.4 is 5.32 Å². The number of carbonyl (C=O) groups is 1. The van der Waals surface area contributed by atoms with Gasteiger partial charge in [0.05, 0.1) is 34.3 Å². The quantitative estimate of drug-likeness (QED) is 0.222. The summed E-state index contributed by atoms with van der Waals surface area (Å²) in [6.45, 7) is 7.31. The van der Waals surface area contributed by atoms with Crippen LogP contribution in [0.25, 0.3) is 5.69 Å². The fourth-order valence-electron chi connectivity index (χ4n) is 4.53. The molecule has 12 heteroatoms. The first-order valence-electron chi connectivity index (χ1n) is 13.6. The molecule has 0 atom stereocenters. The van der Waals surface area contributed by atoms with E-state index in [9.17, 15) is 4.79 Å². The average molecular weight is 618 g/mol. The van der Waals surface area contributed by atoms with Crippen LogP contribution in [0.3, 0.4) is 0 Å². The Kier molecular flexibility index (Phi) is 9.52. The van der Waals surface area contributed by atoms with Gasteiger partial charge in [-0.05, 0) is 98.8 Å². The van der Waals surface area contributed by atoms with Crippen molar-refractivity contribution in [1.29, 1.82) is 0 Å². The van der Waals surface area contributed by atoms with Crippen molar-refractivity contribution in [3.05, 3.63) is 57.3 Å². The molecule has 1 N–H and O–H groups in total. The molecule has 1 aromatic heterocycles. The lowest BCUT2D eigenvalue weighted by molar-refractivity contribution is -0.113. The van der Waals surface area contributed by atoms with Crippen molar-refractivity contribution in [3.8, 4) is 17.5 Å². The molecule has 1 aliphatic carbocycles. The third kappa shape index (κ3) is 7.79. The molecule has 1 saturated heterocycles. The number of nitrogens with zero attached hydrogens (tertiary/aromatic N) is 5. The SMILES string of the molecule is CC(C)(C#Cc1ccc(NC(=O)CSc2nnnn2-c2ccc(C3CC3)cc2Cl)c(Cl)c1F)OCCN1CCCC1. The van der Waals surface area contributed by atoms with E-state index in [1.807, 2.05) is 32.0 Å². The molecule has 41 heavy (non-hydrogen) atoms. The summed E-state index contributed by atoms with van der Waals surface area (Å²) in [5, 5.41) is 15.2. The Hall–Kier alpha value is -2.68. The van der Waals surface area contributed by atoms with Gasteiger partial charge >= 0.3 is 0 Å². The molecule has 8 nitrogen and oxygen atoms in total. The Morgan fingerprint density at radius 1 is 1.22 bits per heavy atom. The summed E-state index contributed by atoms with van der Waals surface area (Å²) in [5.74, 6) is 5.27. The summed E-state index contributed by atoms with van der Waals surface area (Å²) in [7, 11) is 0. The highest BCUT2D eigenvalue weighted by atomic mass is 35.5. The maximum absolute atomic E-state index is 15.0. The Morgan fingerprint density at radius 3 is 2.73 bits per heavy atom. The number of anilines is 1. The first-order valence-corrected chi connectivity index (χ1v) is 15.3. The molecule has 0 radical (unpaired) electrons. The molecule has 1 saturated carbocycles. The number of hydrogen-bond acceptors (Lipinski definition) is 7. The molecule has 0 spiro atoms. The predicted octanol–water partition coefficient (Wildman–Crippen LogP) is 5.96. The van der Waals surface area contributed by atoms with E-state index in [1.165, 1.54) is 48.1 Å². The number of likely N-dealkylation sites (tertiary alicyclic amines) is 1. The number of tetrazole rings is 1. The third-order valence-corrected chi connectivity index (χ3v) is 8.54. The van der Waals surface area contributed by atoms with Gasteiger partial charge in [0.25, 0.3) is 0 Å². The number of nitrogens with one attached hydrogen (secondary N) is 1. The normalized spacial score (nSPS) is 15.5. The van der Waals surface area contributed by atoms with Gasteiger partial charge in [-0.15, -0.1) is 5.10 Å². The van der Waals surface area contributed by atoms with E-state index in [0.29, 0.717) is 28.4 Å². The van der Waals surface area contributed by atoms with Crippen LogP contribution >= 0.6 is 35.0 Å². The summed E-state index contributed by atoms with van der Waals surface area (Å²) in [6, 6.07) is 8.86. The summed E-state index contributed by atoms with van der Waals surface area (Å²) in [6.07, 6.45) is 4.80. The van der Waals surface area contributed by atoms with Gasteiger partial charge in [0, 0.05) is 6.54 Å². The van der Waals surface area contributed by atoms with Gasteiger partial charge < -0.3 is 15.0 Å². The number of halogens is 3. The lowest BCUT2D eigenvalue weighted by atomic mass is 10.1. The van der Waals surface area contributed by atoms with E-state index in [1.54, 1.807) is 0 Å². The zero-order valence-corrected chi connectivity index (χ0v) is 25.3. The fraction of sp³-hybridized carbons (Fsp3) is 0.448. The van der Waals surface area contributed by atoms with Crippen LogP contribution in [-0.2, 0) is 9.53 Å². The summed E-state index contributed by atoms with van der Waals surface area (Å²) in [4.78, 5) is 15.0. The topological polar surface area (TPSA) is 85.2 Å². The van der Waals surface area contributed by atoms with Crippen LogP contribution in [0.15, 0.2) is 35.5 Å². The number of rotatable bonds is 10. The second kappa shape index (κ2) is 13.1. The Balaban J connectivity index is 1.17. The first-order chi connectivity index (χ1) is 19.7. The van der Waals surface area contributed by atoms with Gasteiger partial charge in [-0.2, -0.15) is 4.68 Å². The van der Waals surface area contributed by atoms with Gasteiger partial charge in [0.1, 0.15) is 10.6 Å². The molecule has 2 aromatic carbocycles. The highest BCUT2D eigenvalue weighted by molar-refractivity contribution is 7.99. The highest BCUT2D eigenvalue weighted by Crippen LogP contribution is 2.41. The van der Waals surface area contributed by atoms with Crippen LogP contribution in [0.1, 0.15) is 56.6 Å². The van der Waals surface area contributed by atoms with Crippen LogP contribution in [0.4, 0.5) is 10.1 Å². The molecule has 5 rings (SSSR count). The zero-order valence-electron chi connectivity index (χ0n) is 22.9. The molecule has 0 unspecified atom stereocenters. The van der Waals surface area contributed by atoms with E-state index < -0.39 is 17.3 Å². The minimum absolute atomic E-state index is 0.0272. The number of carbonyl (C=O) groups excluding carboxylic acids is 1. The molecule has 2 fully saturated rings. The third-order valence-electron chi connectivity index (χ3n) is 6.95. The monoisotopic (exact) mass is 616 g/mol. The van der Waals surface area contributed by atoms with Crippen molar-refractivity contribution in [1.82, 2.24) is 25.1 Å². The molecule has 1 aliphatic heterocycles. The van der Waals surface area contributed by atoms with Crippen LogP contribution in [0.5, 0.6) is 0 Å². The van der Waals surface area contributed by atoms with Gasteiger partial charge in [0.15, 0.2) is 5.82 Å². The number of benzene rings is 2. The standard InChI is InChI=1S/C29H31Cl2FN6O2S/c1-29(2,40-16-15-37-13-3-4-14-37)12-11-20-7-9-23(26(31)27(20)32)33-25(39)18-41-28-34-35-36-38(28)24-10-8-21(17-22(24)30)19-5-6-19/h7-10,17,19H,3-6,13-16,18H2,1-2H3,(H,33,39). The molecule has 2 aliphatic rings. The maximum Gasteiger partial charge on any atom is 0.234 e. The number of amides is 1. The summed E-state index contributed by atoms with van der Waals surface area (Å²) >= 11 is 13.9. The van der Waals surface area contributed by atoms with Crippen molar-refractivity contribution in [2.75, 3.05) is 37.3 Å². The zero-order chi connectivity index (χ0) is 29.0. The Labute approximate surface area is 253 Å². The molecule has 1 amide bonds. The van der Waals surface area contributed by atoms with Gasteiger partial charge in [-0.25, -0.2) is 4.39 Å². The maximum atomic E-state index is 15.0. The molecule has 216 valence electrons. The van der Waals surface area contributed by atoms with E-state index in [4.69, 9.17) is 27.9 Å². The second-order valence-corrected chi connectivity index (χ2v) is 12.4. The van der Waals surface area contributed by atoms with Gasteiger partial charge in [-0.3, -0.25) is 4.79 Å². The van der Waals surface area contributed by atoms with Crippen LogP contribution in [-0.4, -0.2) is 68.6 Å². The molecule has 3 aromatic rings. The predicted molar refractivity (Wildman–Crippen MR) is 159 cm³/mol. The minimum atomic E-state index is -0.748. The number of ether oxygens (including phenoxy) is 1. The van der Waals surface area contributed by atoms with Crippen molar-refractivity contribution < 1.29 is 13.9 Å². The van der Waals surface area contributed by atoms with Crippen LogP contribution in [0, 0.1) is 17.7 Å². The fourth-order valence-corrected chi connectivity index (χ4v) is 5.70. The number of thioether (sulfide) groups is 1. The van der Waals surface area contributed by atoms with Crippen molar-refractivity contribution >= 4 is 46.6 Å². The molecular formula is C29H31Cl2FN6O2S. The largest absolute Gasteiger partial charge is 0.362 e. The van der Waals surface area contributed by atoms with Gasteiger partial charge in [-0.1, -0.05) is 52.9 Å². The smallest absolute Gasteiger partial charge is 0.234 e. The van der Waals surface area contributed by atoms with Crippen molar-refractivity contribution in [2.45, 2.75) is 56.2 Å². The Morgan fingerprint density at radius 2 is 2.00 bits per heavy atom. The minimum Gasteiger partial charge on any atom is -0.362 e. The van der Waals surface area contributed by atoms with Gasteiger partial charge in [0.2, 0.25) is 11.1 Å². The van der Waals surface area contributed by atoms with E-state index in [-0.39, 0.29) is 22.0 Å². The summed E-state index contributed by atoms with van der Waals surface area (Å²) < 4.78 is 22.5. The molecule has 0 bridgehead atoms. The molecular weight excluding hydrogens is 586 g/mol. The lowest BCUT2D eigenvalue weighted by Gasteiger charge is -2.21. The lowest BCUT2D eigenvalue weighted by Crippen LogP contribution is -2.30. The van der Waals surface area contributed by atoms with Crippen molar-refractivity contribution in [2.24, 2.45) is 0 Å². The van der Waals surface area contributed by atoms with E-state index in [2.05, 4.69) is 37.6 Å². The number of hydrogen-bond donors (Lipinski definition) is 1. The van der Waals surface area contributed by atoms with E-state index >= 15 is 4.39 Å².